The summed E-state index contributed by atoms with van der Waals surface area (Å²) < 4.78 is 1.88. The molecule has 0 bridgehead atoms. The number of carboxylic acids is 1. The molecule has 2 N–H and O–H groups in total. The van der Waals surface area contributed by atoms with Crippen LogP contribution in [0.1, 0.15) is 64.3 Å². The first-order chi connectivity index (χ1) is 11.6. The van der Waals surface area contributed by atoms with Crippen LogP contribution < -0.4 is 5.32 Å². The highest BCUT2D eigenvalue weighted by Crippen LogP contribution is 2.25. The minimum absolute atomic E-state index is 0.0817. The number of aromatic carboxylic acids is 1. The predicted molar refractivity (Wildman–Crippen MR) is 91.3 cm³/mol. The standard InChI is InChI=1S/C19H22N2O3/c1-2-15(13-8-4-3-5-9-13)20-18(22)17-12-14(19(23)24)16-10-6-7-11-21(16)17/h3-5,8-9,12,15H,2,6-7,10-11H2,1H3,(H,20,22)(H,23,24). The first-order valence-corrected chi connectivity index (χ1v) is 8.43. The first kappa shape index (κ1) is 16.3. The Morgan fingerprint density at radius 1 is 1.25 bits per heavy atom. The van der Waals surface area contributed by atoms with Crippen LogP contribution in [0.15, 0.2) is 36.4 Å². The van der Waals surface area contributed by atoms with Gasteiger partial charge in [-0.05, 0) is 37.3 Å². The molecule has 1 aliphatic heterocycles. The van der Waals surface area contributed by atoms with Crippen molar-refractivity contribution >= 4 is 11.9 Å². The van der Waals surface area contributed by atoms with Crippen molar-refractivity contribution in [3.05, 3.63) is 58.9 Å². The lowest BCUT2D eigenvalue weighted by atomic mass is 10.0. The lowest BCUT2D eigenvalue weighted by Gasteiger charge is -2.21. The third-order valence-corrected chi connectivity index (χ3v) is 4.63. The summed E-state index contributed by atoms with van der Waals surface area (Å²) in [5.41, 5.74) is 2.54. The fourth-order valence-corrected chi connectivity index (χ4v) is 3.39. The second kappa shape index (κ2) is 6.91. The molecule has 0 radical (unpaired) electrons. The first-order valence-electron chi connectivity index (χ1n) is 8.43. The van der Waals surface area contributed by atoms with Crippen molar-refractivity contribution in [2.45, 2.75) is 45.2 Å². The molecule has 1 aromatic carbocycles. The van der Waals surface area contributed by atoms with Gasteiger partial charge in [-0.3, -0.25) is 4.79 Å². The van der Waals surface area contributed by atoms with Crippen LogP contribution in [-0.2, 0) is 13.0 Å². The number of hydrogen-bond acceptors (Lipinski definition) is 2. The normalized spacial score (nSPS) is 14.7. The second-order valence-corrected chi connectivity index (χ2v) is 6.15. The van der Waals surface area contributed by atoms with Crippen molar-refractivity contribution < 1.29 is 14.7 Å². The van der Waals surface area contributed by atoms with Crippen molar-refractivity contribution in [3.8, 4) is 0 Å². The Morgan fingerprint density at radius 2 is 2.00 bits per heavy atom. The van der Waals surface area contributed by atoms with Gasteiger partial charge in [0, 0.05) is 12.2 Å². The van der Waals surface area contributed by atoms with E-state index >= 15 is 0 Å². The van der Waals surface area contributed by atoms with Crippen LogP contribution in [0, 0.1) is 0 Å². The van der Waals surface area contributed by atoms with E-state index in [1.807, 2.05) is 41.8 Å². The van der Waals surface area contributed by atoms with Gasteiger partial charge in [-0.2, -0.15) is 0 Å². The molecule has 1 unspecified atom stereocenters. The molecule has 0 fully saturated rings. The van der Waals surface area contributed by atoms with E-state index in [1.165, 1.54) is 6.07 Å². The maximum Gasteiger partial charge on any atom is 0.337 e. The van der Waals surface area contributed by atoms with Crippen molar-refractivity contribution in [2.24, 2.45) is 0 Å². The van der Waals surface area contributed by atoms with Gasteiger partial charge in [0.25, 0.3) is 5.91 Å². The SMILES string of the molecule is CCC(NC(=O)c1cc(C(=O)O)c2n1CCCC2)c1ccccc1. The van der Waals surface area contributed by atoms with Gasteiger partial charge in [0.2, 0.25) is 0 Å². The van der Waals surface area contributed by atoms with E-state index < -0.39 is 5.97 Å². The zero-order valence-electron chi connectivity index (χ0n) is 13.8. The molecular weight excluding hydrogens is 304 g/mol. The Labute approximate surface area is 141 Å². The number of carbonyl (C=O) groups is 2. The number of amides is 1. The van der Waals surface area contributed by atoms with Gasteiger partial charge in [0.1, 0.15) is 5.69 Å². The smallest absolute Gasteiger partial charge is 0.337 e. The number of nitrogens with one attached hydrogen (secondary N) is 1. The lowest BCUT2D eigenvalue weighted by molar-refractivity contribution is 0.0695. The molecule has 0 saturated carbocycles. The molecular formula is C19H22N2O3. The molecule has 1 aliphatic rings. The lowest BCUT2D eigenvalue weighted by Crippen LogP contribution is -2.30. The highest BCUT2D eigenvalue weighted by molar-refractivity contribution is 5.98. The summed E-state index contributed by atoms with van der Waals surface area (Å²) in [6.45, 7) is 2.72. The molecule has 0 saturated heterocycles. The summed E-state index contributed by atoms with van der Waals surface area (Å²) in [4.78, 5) is 24.2. The molecule has 126 valence electrons. The fraction of sp³-hybridized carbons (Fsp3) is 0.368. The van der Waals surface area contributed by atoms with Gasteiger partial charge >= 0.3 is 5.97 Å². The summed E-state index contributed by atoms with van der Waals surface area (Å²) >= 11 is 0. The third kappa shape index (κ3) is 3.07. The van der Waals surface area contributed by atoms with E-state index in [-0.39, 0.29) is 17.5 Å². The molecule has 1 aromatic heterocycles. The van der Waals surface area contributed by atoms with Gasteiger partial charge in [0.15, 0.2) is 0 Å². The number of rotatable bonds is 5. The van der Waals surface area contributed by atoms with Gasteiger partial charge in [-0.15, -0.1) is 0 Å². The van der Waals surface area contributed by atoms with E-state index in [0.29, 0.717) is 18.7 Å². The highest BCUT2D eigenvalue weighted by atomic mass is 16.4. The number of aromatic nitrogens is 1. The van der Waals surface area contributed by atoms with E-state index in [0.717, 1.165) is 30.5 Å². The van der Waals surface area contributed by atoms with E-state index in [2.05, 4.69) is 5.32 Å². The molecule has 0 aliphatic carbocycles. The Kier molecular flexibility index (Phi) is 4.69. The minimum Gasteiger partial charge on any atom is -0.478 e. The molecule has 5 heteroatoms. The van der Waals surface area contributed by atoms with Crippen LogP contribution in [0.2, 0.25) is 0 Å². The Morgan fingerprint density at radius 3 is 2.67 bits per heavy atom. The topological polar surface area (TPSA) is 71.3 Å². The number of fused-ring (bicyclic) bond motifs is 1. The van der Waals surface area contributed by atoms with Crippen molar-refractivity contribution in [2.75, 3.05) is 0 Å². The molecule has 2 aromatic rings. The number of carbonyl (C=O) groups excluding carboxylic acids is 1. The zero-order valence-corrected chi connectivity index (χ0v) is 13.8. The summed E-state index contributed by atoms with van der Waals surface area (Å²) in [6, 6.07) is 11.3. The molecule has 1 amide bonds. The van der Waals surface area contributed by atoms with Crippen LogP contribution in [0.3, 0.4) is 0 Å². The number of nitrogens with zero attached hydrogens (tertiary/aromatic N) is 1. The molecule has 2 heterocycles. The summed E-state index contributed by atoms with van der Waals surface area (Å²) in [7, 11) is 0. The summed E-state index contributed by atoms with van der Waals surface area (Å²) in [5.74, 6) is -1.17. The Balaban J connectivity index is 1.88. The van der Waals surface area contributed by atoms with Gasteiger partial charge in [-0.25, -0.2) is 4.79 Å². The van der Waals surface area contributed by atoms with Crippen LogP contribution >= 0.6 is 0 Å². The average Bonchev–Trinajstić information content (AvgIpc) is 3.00. The van der Waals surface area contributed by atoms with Gasteiger partial charge in [0.05, 0.1) is 11.6 Å². The maximum absolute atomic E-state index is 12.8. The highest BCUT2D eigenvalue weighted by Gasteiger charge is 2.26. The molecule has 1 atom stereocenters. The quantitative estimate of drug-likeness (QED) is 0.884. The van der Waals surface area contributed by atoms with Gasteiger partial charge in [-0.1, -0.05) is 37.3 Å². The Bertz CT molecular complexity index is 749. The maximum atomic E-state index is 12.8. The van der Waals surface area contributed by atoms with Crippen LogP contribution in [0.5, 0.6) is 0 Å². The summed E-state index contributed by atoms with van der Waals surface area (Å²) in [5, 5.41) is 12.4. The Hall–Kier alpha value is -2.56. The van der Waals surface area contributed by atoms with E-state index in [9.17, 15) is 14.7 Å². The monoisotopic (exact) mass is 326 g/mol. The number of carboxylic acid groups (broad SMARTS) is 1. The fourth-order valence-electron chi connectivity index (χ4n) is 3.39. The summed E-state index contributed by atoms with van der Waals surface area (Å²) in [6.07, 6.45) is 3.42. The van der Waals surface area contributed by atoms with E-state index in [1.54, 1.807) is 0 Å². The minimum atomic E-state index is -0.963. The van der Waals surface area contributed by atoms with Crippen LogP contribution in [0.25, 0.3) is 0 Å². The zero-order chi connectivity index (χ0) is 17.1. The van der Waals surface area contributed by atoms with Crippen molar-refractivity contribution in [1.82, 2.24) is 9.88 Å². The van der Waals surface area contributed by atoms with Crippen LogP contribution in [0.4, 0.5) is 0 Å². The molecule has 24 heavy (non-hydrogen) atoms. The number of hydrogen-bond donors (Lipinski definition) is 2. The van der Waals surface area contributed by atoms with Gasteiger partial charge < -0.3 is 15.0 Å². The van der Waals surface area contributed by atoms with Crippen molar-refractivity contribution in [1.29, 1.82) is 0 Å². The second-order valence-electron chi connectivity index (χ2n) is 6.15. The largest absolute Gasteiger partial charge is 0.478 e. The molecule has 5 nitrogen and oxygen atoms in total. The molecule has 3 rings (SSSR count). The average molecular weight is 326 g/mol. The van der Waals surface area contributed by atoms with Crippen LogP contribution in [-0.4, -0.2) is 21.6 Å². The van der Waals surface area contributed by atoms with Crippen molar-refractivity contribution in [3.63, 3.8) is 0 Å². The number of benzene rings is 1. The predicted octanol–water partition coefficient (Wildman–Crippen LogP) is 3.40. The van der Waals surface area contributed by atoms with E-state index in [4.69, 9.17) is 0 Å². The third-order valence-electron chi connectivity index (χ3n) is 4.63. The molecule has 0 spiro atoms.